The van der Waals surface area contributed by atoms with Crippen molar-refractivity contribution in [3.05, 3.63) is 54.0 Å². The van der Waals surface area contributed by atoms with Crippen LogP contribution >= 0.6 is 0 Å². The van der Waals surface area contributed by atoms with Crippen molar-refractivity contribution in [2.45, 2.75) is 32.6 Å². The summed E-state index contributed by atoms with van der Waals surface area (Å²) in [5, 5.41) is 0. The van der Waals surface area contributed by atoms with Crippen molar-refractivity contribution in [3.8, 4) is 0 Å². The molecule has 2 rings (SSSR count). The van der Waals surface area contributed by atoms with Gasteiger partial charge in [-0.2, -0.15) is 0 Å². The van der Waals surface area contributed by atoms with E-state index in [1.165, 1.54) is 14.2 Å². The minimum absolute atomic E-state index is 0. The third kappa shape index (κ3) is 6.45. The topological polar surface area (TPSA) is 52.6 Å². The molecule has 0 aromatic rings. The zero-order valence-electron chi connectivity index (χ0n) is 15.7. The van der Waals surface area contributed by atoms with Gasteiger partial charge in [-0.05, 0) is 30.7 Å². The molecule has 0 aromatic carbocycles. The van der Waals surface area contributed by atoms with Crippen LogP contribution in [-0.2, 0) is 35.8 Å². The predicted octanol–water partition coefficient (Wildman–Crippen LogP) is 3.86. The predicted molar refractivity (Wildman–Crippen MR) is 99.0 cm³/mol. The van der Waals surface area contributed by atoms with Crippen molar-refractivity contribution >= 4 is 20.0 Å². The van der Waals surface area contributed by atoms with Crippen LogP contribution in [0.4, 0.5) is 0 Å². The first-order valence-electron chi connectivity index (χ1n) is 7.91. The van der Waals surface area contributed by atoms with Crippen molar-refractivity contribution < 1.29 is 35.8 Å². The van der Waals surface area contributed by atoms with E-state index in [0.29, 0.717) is 0 Å². The summed E-state index contributed by atoms with van der Waals surface area (Å²) in [6, 6.07) is 0.922. The summed E-state index contributed by atoms with van der Waals surface area (Å²) >= 11 is 0. The molecule has 25 heavy (non-hydrogen) atoms. The molecule has 0 N–H and O–H groups in total. The maximum atomic E-state index is 12.0. The molecule has 2 radical (unpaired) electrons. The van der Waals surface area contributed by atoms with Gasteiger partial charge >= 0.3 is 11.9 Å². The van der Waals surface area contributed by atoms with Crippen LogP contribution in [0.1, 0.15) is 6.92 Å². The summed E-state index contributed by atoms with van der Waals surface area (Å²) in [6.45, 7) is 8.66. The van der Waals surface area contributed by atoms with Crippen LogP contribution in [0.15, 0.2) is 47.6 Å². The van der Waals surface area contributed by atoms with Gasteiger partial charge in [0.05, 0.1) is 14.2 Å². The number of rotatable bonds is 4. The Morgan fingerprint density at radius 1 is 0.960 bits per heavy atom. The fraction of sp³-hybridized carbons (Fsp3) is 0.421. The van der Waals surface area contributed by atoms with E-state index in [2.05, 4.69) is 19.6 Å². The molecule has 0 unspecified atom stereocenters. The van der Waals surface area contributed by atoms with Crippen LogP contribution < -0.4 is 0 Å². The van der Waals surface area contributed by atoms with Gasteiger partial charge in [-0.15, -0.1) is 0 Å². The first kappa shape index (κ1) is 23.6. The third-order valence-corrected chi connectivity index (χ3v) is 5.12. The van der Waals surface area contributed by atoms with Gasteiger partial charge in [-0.3, -0.25) is 9.59 Å². The summed E-state index contributed by atoms with van der Waals surface area (Å²) in [5.41, 5.74) is 0.607. The minimum Gasteiger partial charge on any atom is -0.468 e. The summed E-state index contributed by atoms with van der Waals surface area (Å²) in [4.78, 5) is 24.0. The van der Waals surface area contributed by atoms with E-state index < -0.39 is 25.4 Å². The average molecular weight is 406 g/mol. The maximum Gasteiger partial charge on any atom is 0.331 e. The number of ether oxygens (including phenoxy) is 2. The maximum absolute atomic E-state index is 12.0. The Bertz CT molecular complexity index is 583. The van der Waals surface area contributed by atoms with Gasteiger partial charge in [-0.25, -0.2) is 0 Å². The first-order valence-corrected chi connectivity index (χ1v) is 11.6. The van der Waals surface area contributed by atoms with Crippen molar-refractivity contribution in [3.63, 3.8) is 0 Å². The van der Waals surface area contributed by atoms with E-state index in [0.717, 1.165) is 17.2 Å². The molecule has 4 nitrogen and oxygen atoms in total. The van der Waals surface area contributed by atoms with E-state index in [9.17, 15) is 9.59 Å². The molecular weight excluding hydrogens is 379 g/mol. The standard InChI is InChI=1S/C14H22O4Si.C5H5.Co/c1-10-7-14(12(15)17-2,13(16)18-3)8-11(10)9-19(4,5)6;1-2-4-5-3-1;/h7-8H,9H2,1-6H3;1-5H;. The van der Waals surface area contributed by atoms with Crippen LogP contribution in [-0.4, -0.2) is 34.2 Å². The van der Waals surface area contributed by atoms with Crippen molar-refractivity contribution in [2.75, 3.05) is 14.2 Å². The van der Waals surface area contributed by atoms with Crippen LogP contribution in [0.2, 0.25) is 25.7 Å². The summed E-state index contributed by atoms with van der Waals surface area (Å²) < 4.78 is 9.54. The van der Waals surface area contributed by atoms with E-state index >= 15 is 0 Å². The third-order valence-electron chi connectivity index (χ3n) is 3.68. The van der Waals surface area contributed by atoms with E-state index in [4.69, 9.17) is 9.47 Å². The minimum atomic E-state index is -1.40. The van der Waals surface area contributed by atoms with Gasteiger partial charge < -0.3 is 9.47 Å². The van der Waals surface area contributed by atoms with Gasteiger partial charge in [0.2, 0.25) is 5.41 Å². The second kappa shape index (κ2) is 9.94. The van der Waals surface area contributed by atoms with Gasteiger partial charge in [0, 0.05) is 31.3 Å². The molecule has 0 heterocycles. The van der Waals surface area contributed by atoms with Crippen molar-refractivity contribution in [1.29, 1.82) is 0 Å². The molecule has 140 valence electrons. The monoisotopic (exact) mass is 406 g/mol. The van der Waals surface area contributed by atoms with E-state index in [-0.39, 0.29) is 16.8 Å². The molecule has 0 saturated heterocycles. The Balaban J connectivity index is 0.000000820. The molecule has 6 heteroatoms. The Kier molecular flexibility index (Phi) is 9.39. The fourth-order valence-electron chi connectivity index (χ4n) is 2.60. The molecule has 0 aliphatic heterocycles. The largest absolute Gasteiger partial charge is 0.468 e. The second-order valence-corrected chi connectivity index (χ2v) is 12.5. The molecule has 2 aliphatic carbocycles. The van der Waals surface area contributed by atoms with Crippen LogP contribution in [0.5, 0.6) is 0 Å². The van der Waals surface area contributed by atoms with Gasteiger partial charge in [0.15, 0.2) is 0 Å². The van der Waals surface area contributed by atoms with Crippen LogP contribution in [0, 0.1) is 11.8 Å². The zero-order valence-corrected chi connectivity index (χ0v) is 17.8. The molecule has 0 atom stereocenters. The number of carbonyl (C=O) groups is 2. The van der Waals surface area contributed by atoms with E-state index in [1.807, 2.05) is 37.6 Å². The van der Waals surface area contributed by atoms with Crippen LogP contribution in [0.25, 0.3) is 0 Å². The Hall–Kier alpha value is -1.38. The molecule has 0 aromatic heterocycles. The molecule has 0 saturated carbocycles. The summed E-state index contributed by atoms with van der Waals surface area (Å²) in [7, 11) is 1.23. The summed E-state index contributed by atoms with van der Waals surface area (Å²) in [6.07, 6.45) is 13.4. The summed E-state index contributed by atoms with van der Waals surface area (Å²) in [5.74, 6) is -1.19. The Morgan fingerprint density at radius 2 is 1.44 bits per heavy atom. The Labute approximate surface area is 162 Å². The number of carbonyl (C=O) groups excluding carboxylic acids is 2. The van der Waals surface area contributed by atoms with E-state index in [1.54, 1.807) is 12.2 Å². The average Bonchev–Trinajstić information content (AvgIpc) is 3.17. The normalized spacial score (nSPS) is 16.9. The second-order valence-electron chi connectivity index (χ2n) is 7.05. The molecular formula is C19H27CoO4Si. The SMILES string of the molecule is COC(=O)C1(C(=O)OC)C=C(C)C(C[Si](C)(C)C)=C1.[CH]1C=CC=C1.[Co]. The number of esters is 2. The Morgan fingerprint density at radius 3 is 1.76 bits per heavy atom. The van der Waals surface area contributed by atoms with Gasteiger partial charge in [-0.1, -0.05) is 49.5 Å². The molecule has 0 fully saturated rings. The number of hydrogen-bond donors (Lipinski definition) is 0. The van der Waals surface area contributed by atoms with Crippen LogP contribution in [0.3, 0.4) is 0 Å². The number of methoxy groups -OCH3 is 2. The zero-order chi connectivity index (χ0) is 18.4. The molecule has 2 aliphatic rings. The van der Waals surface area contributed by atoms with Crippen molar-refractivity contribution in [1.82, 2.24) is 0 Å². The number of hydrogen-bond acceptors (Lipinski definition) is 4. The molecule has 0 bridgehead atoms. The number of allylic oxidation sites excluding steroid dienone is 6. The van der Waals surface area contributed by atoms with Gasteiger partial charge in [0.1, 0.15) is 0 Å². The smallest absolute Gasteiger partial charge is 0.331 e. The first-order chi connectivity index (χ1) is 11.2. The van der Waals surface area contributed by atoms with Crippen molar-refractivity contribution in [2.24, 2.45) is 5.41 Å². The molecule has 0 spiro atoms. The fourth-order valence-corrected chi connectivity index (χ4v) is 4.13. The van der Waals surface area contributed by atoms with Gasteiger partial charge in [0.25, 0.3) is 0 Å². The quantitative estimate of drug-likeness (QED) is 0.404. The molecule has 0 amide bonds.